The first-order valence-corrected chi connectivity index (χ1v) is 8.82. The van der Waals surface area contributed by atoms with Gasteiger partial charge in [-0.1, -0.05) is 23.7 Å². The van der Waals surface area contributed by atoms with Crippen LogP contribution in [0.4, 0.5) is 4.79 Å². The topological polar surface area (TPSA) is 63.3 Å². The van der Waals surface area contributed by atoms with Crippen LogP contribution in [0.1, 0.15) is 11.1 Å². The molecule has 1 amide bonds. The molecule has 0 saturated carbocycles. The summed E-state index contributed by atoms with van der Waals surface area (Å²) >= 11 is 5.93. The molecule has 5 nitrogen and oxygen atoms in total. The number of nitrogens with one attached hydrogen (secondary N) is 2. The van der Waals surface area contributed by atoms with Crippen molar-refractivity contribution in [2.75, 3.05) is 20.3 Å². The minimum absolute atomic E-state index is 0.316. The Hall–Kier alpha value is -2.66. The Morgan fingerprint density at radius 2 is 2.08 bits per heavy atom. The van der Waals surface area contributed by atoms with E-state index < -0.39 is 6.09 Å². The summed E-state index contributed by atoms with van der Waals surface area (Å²) in [6.45, 7) is 0.816. The van der Waals surface area contributed by atoms with E-state index in [-0.39, 0.29) is 0 Å². The van der Waals surface area contributed by atoms with E-state index in [4.69, 9.17) is 21.1 Å². The van der Waals surface area contributed by atoms with Crippen molar-refractivity contribution in [3.63, 3.8) is 0 Å². The first-order chi connectivity index (χ1) is 12.7. The molecular formula is C20H21ClN2O3. The molecular weight excluding hydrogens is 352 g/mol. The number of H-pyrrole nitrogens is 1. The van der Waals surface area contributed by atoms with E-state index >= 15 is 0 Å². The molecule has 0 aliphatic heterocycles. The van der Waals surface area contributed by atoms with Crippen LogP contribution < -0.4 is 10.1 Å². The molecule has 1 heterocycles. The van der Waals surface area contributed by atoms with Crippen LogP contribution in [0, 0.1) is 0 Å². The molecule has 1 aromatic heterocycles. The van der Waals surface area contributed by atoms with Crippen molar-refractivity contribution in [1.29, 1.82) is 0 Å². The summed E-state index contributed by atoms with van der Waals surface area (Å²) in [6.07, 6.45) is 2.88. The zero-order valence-electron chi connectivity index (χ0n) is 14.5. The molecule has 0 atom stereocenters. The van der Waals surface area contributed by atoms with E-state index in [0.29, 0.717) is 31.0 Å². The van der Waals surface area contributed by atoms with Crippen molar-refractivity contribution in [3.05, 3.63) is 64.8 Å². The number of fused-ring (bicyclic) bond motifs is 1. The number of ether oxygens (including phenoxy) is 2. The zero-order chi connectivity index (χ0) is 18.4. The number of amides is 1. The average molecular weight is 373 g/mol. The van der Waals surface area contributed by atoms with E-state index in [1.165, 1.54) is 0 Å². The smallest absolute Gasteiger partial charge is 0.407 e. The highest BCUT2D eigenvalue weighted by Crippen LogP contribution is 2.23. The fourth-order valence-electron chi connectivity index (χ4n) is 2.80. The number of benzene rings is 2. The number of halogens is 1. The van der Waals surface area contributed by atoms with Gasteiger partial charge in [-0.25, -0.2) is 4.79 Å². The summed E-state index contributed by atoms with van der Waals surface area (Å²) in [5.74, 6) is 0.812. The predicted octanol–water partition coefficient (Wildman–Crippen LogP) is 4.34. The largest absolute Gasteiger partial charge is 0.497 e. The van der Waals surface area contributed by atoms with Gasteiger partial charge >= 0.3 is 6.09 Å². The number of rotatable bonds is 7. The average Bonchev–Trinajstić information content (AvgIpc) is 3.04. The molecule has 0 saturated heterocycles. The van der Waals surface area contributed by atoms with Crippen molar-refractivity contribution in [2.45, 2.75) is 12.8 Å². The molecule has 3 aromatic rings. The van der Waals surface area contributed by atoms with E-state index in [1.807, 2.05) is 48.7 Å². The summed E-state index contributed by atoms with van der Waals surface area (Å²) in [5.41, 5.74) is 3.21. The Bertz CT molecular complexity index is 892. The lowest BCUT2D eigenvalue weighted by Gasteiger charge is -2.07. The lowest BCUT2D eigenvalue weighted by Crippen LogP contribution is -2.27. The summed E-state index contributed by atoms with van der Waals surface area (Å²) in [7, 11) is 1.65. The lowest BCUT2D eigenvalue weighted by molar-refractivity contribution is 0.147. The Morgan fingerprint density at radius 1 is 1.19 bits per heavy atom. The van der Waals surface area contributed by atoms with Crippen LogP contribution >= 0.6 is 11.6 Å². The maximum Gasteiger partial charge on any atom is 0.407 e. The third-order valence-corrected chi connectivity index (χ3v) is 4.39. The molecule has 0 radical (unpaired) electrons. The molecule has 0 spiro atoms. The molecule has 0 bridgehead atoms. The maximum atomic E-state index is 11.8. The Balaban J connectivity index is 1.44. The number of aromatic amines is 1. The molecule has 0 unspecified atom stereocenters. The van der Waals surface area contributed by atoms with Crippen LogP contribution in [0.25, 0.3) is 10.9 Å². The van der Waals surface area contributed by atoms with Crippen LogP contribution in [0.3, 0.4) is 0 Å². The van der Waals surface area contributed by atoms with Gasteiger partial charge in [0, 0.05) is 35.1 Å². The normalized spacial score (nSPS) is 10.7. The molecule has 2 aromatic carbocycles. The van der Waals surface area contributed by atoms with Crippen molar-refractivity contribution in [1.82, 2.24) is 10.3 Å². The fourth-order valence-corrected chi connectivity index (χ4v) is 3.01. The second-order valence-corrected chi connectivity index (χ2v) is 6.35. The van der Waals surface area contributed by atoms with Crippen molar-refractivity contribution in [2.24, 2.45) is 0 Å². The highest BCUT2D eigenvalue weighted by molar-refractivity contribution is 6.30. The zero-order valence-corrected chi connectivity index (χ0v) is 15.3. The highest BCUT2D eigenvalue weighted by Gasteiger charge is 2.07. The summed E-state index contributed by atoms with van der Waals surface area (Å²) < 4.78 is 10.5. The molecule has 136 valence electrons. The Morgan fingerprint density at radius 3 is 2.88 bits per heavy atom. The molecule has 0 aliphatic carbocycles. The van der Waals surface area contributed by atoms with Crippen molar-refractivity contribution >= 4 is 28.6 Å². The van der Waals surface area contributed by atoms with Gasteiger partial charge in [-0.3, -0.25) is 0 Å². The van der Waals surface area contributed by atoms with Crippen molar-refractivity contribution in [3.8, 4) is 5.75 Å². The number of carbonyl (C=O) groups is 1. The monoisotopic (exact) mass is 372 g/mol. The summed E-state index contributed by atoms with van der Waals surface area (Å²) in [6, 6.07) is 13.4. The number of methoxy groups -OCH3 is 1. The number of aromatic nitrogens is 1. The first-order valence-electron chi connectivity index (χ1n) is 8.45. The second-order valence-electron chi connectivity index (χ2n) is 5.92. The van der Waals surface area contributed by atoms with Crippen LogP contribution in [-0.4, -0.2) is 31.3 Å². The standard InChI is InChI=1S/C20H21ClN2O3/c1-25-17-5-6-19-18(12-17)15(13-23-19)7-9-22-20(24)26-10-8-14-3-2-4-16(21)11-14/h2-6,11-13,23H,7-10H2,1H3,(H,22,24). The van der Waals surface area contributed by atoms with Gasteiger partial charge in [-0.2, -0.15) is 0 Å². The third kappa shape index (κ3) is 4.70. The van der Waals surface area contributed by atoms with E-state index in [0.717, 1.165) is 27.8 Å². The Kier molecular flexibility index (Phi) is 6.02. The summed E-state index contributed by atoms with van der Waals surface area (Å²) in [5, 5.41) is 4.56. The predicted molar refractivity (Wildman–Crippen MR) is 103 cm³/mol. The second kappa shape index (κ2) is 8.63. The molecule has 0 fully saturated rings. The van der Waals surface area contributed by atoms with Crippen LogP contribution in [0.15, 0.2) is 48.7 Å². The maximum absolute atomic E-state index is 11.8. The van der Waals surface area contributed by atoms with Crippen LogP contribution in [0.2, 0.25) is 5.02 Å². The third-order valence-electron chi connectivity index (χ3n) is 4.15. The van der Waals surface area contributed by atoms with E-state index in [1.54, 1.807) is 7.11 Å². The fraction of sp³-hybridized carbons (Fsp3) is 0.250. The minimum Gasteiger partial charge on any atom is -0.497 e. The van der Waals surface area contributed by atoms with Crippen molar-refractivity contribution < 1.29 is 14.3 Å². The molecule has 0 aliphatic rings. The highest BCUT2D eigenvalue weighted by atomic mass is 35.5. The minimum atomic E-state index is -0.413. The lowest BCUT2D eigenvalue weighted by atomic mass is 10.1. The van der Waals surface area contributed by atoms with Gasteiger partial charge in [0.1, 0.15) is 5.75 Å². The molecule has 26 heavy (non-hydrogen) atoms. The van der Waals surface area contributed by atoms with E-state index in [9.17, 15) is 4.79 Å². The van der Waals surface area contributed by atoms with Gasteiger partial charge in [-0.05, 0) is 47.9 Å². The molecule has 6 heteroatoms. The quantitative estimate of drug-likeness (QED) is 0.648. The number of carbonyl (C=O) groups excluding carboxylic acids is 1. The molecule has 2 N–H and O–H groups in total. The van der Waals surface area contributed by atoms with E-state index in [2.05, 4.69) is 10.3 Å². The van der Waals surface area contributed by atoms with Gasteiger partial charge in [0.15, 0.2) is 0 Å². The SMILES string of the molecule is COc1ccc2[nH]cc(CCNC(=O)OCCc3cccc(Cl)c3)c2c1. The van der Waals surface area contributed by atoms with Gasteiger partial charge in [0.25, 0.3) is 0 Å². The van der Waals surface area contributed by atoms with Crippen LogP contribution in [0.5, 0.6) is 5.75 Å². The van der Waals surface area contributed by atoms with Gasteiger partial charge < -0.3 is 19.8 Å². The van der Waals surface area contributed by atoms with Gasteiger partial charge in [-0.15, -0.1) is 0 Å². The number of alkyl carbamates (subject to hydrolysis) is 1. The number of hydrogen-bond donors (Lipinski definition) is 2. The van der Waals surface area contributed by atoms with Gasteiger partial charge in [0.2, 0.25) is 0 Å². The summed E-state index contributed by atoms with van der Waals surface area (Å²) in [4.78, 5) is 15.0. The first kappa shape index (κ1) is 18.1. The van der Waals surface area contributed by atoms with Crippen LogP contribution in [-0.2, 0) is 17.6 Å². The Labute approximate surface area is 157 Å². The number of hydrogen-bond acceptors (Lipinski definition) is 3. The molecule has 3 rings (SSSR count). The van der Waals surface area contributed by atoms with Gasteiger partial charge in [0.05, 0.1) is 13.7 Å².